The summed E-state index contributed by atoms with van der Waals surface area (Å²) in [6.07, 6.45) is 0. The van der Waals surface area contributed by atoms with Gasteiger partial charge in [-0.3, -0.25) is 9.36 Å². The van der Waals surface area contributed by atoms with Crippen molar-refractivity contribution in [2.24, 2.45) is 0 Å². The van der Waals surface area contributed by atoms with E-state index >= 15 is 0 Å². The number of hydrogen-bond acceptors (Lipinski definition) is 6. The maximum atomic E-state index is 12.7. The van der Waals surface area contributed by atoms with Gasteiger partial charge in [0.15, 0.2) is 16.8 Å². The van der Waals surface area contributed by atoms with Crippen LogP contribution in [0.25, 0.3) is 10.7 Å². The lowest BCUT2D eigenvalue weighted by Crippen LogP contribution is -2.08. The molecule has 0 aliphatic rings. The molecule has 0 fully saturated rings. The monoisotopic (exact) mass is 421 g/mol. The quantitative estimate of drug-likeness (QED) is 0.295. The molecule has 2 aromatic heterocycles. The van der Waals surface area contributed by atoms with E-state index in [0.29, 0.717) is 17.9 Å². The summed E-state index contributed by atoms with van der Waals surface area (Å²) in [4.78, 5) is 13.8. The molecule has 5 nitrogen and oxygen atoms in total. The maximum Gasteiger partial charge on any atom is 0.192 e. The minimum atomic E-state index is -0.000570. The highest BCUT2D eigenvalue weighted by Crippen LogP contribution is 2.29. The lowest BCUT2D eigenvalue weighted by molar-refractivity contribution is 0.101. The van der Waals surface area contributed by atoms with Gasteiger partial charge in [0.25, 0.3) is 0 Å². The molecule has 2 heterocycles. The third kappa shape index (κ3) is 4.41. The van der Waals surface area contributed by atoms with Gasteiger partial charge in [0.05, 0.1) is 29.8 Å². The van der Waals surface area contributed by atoms with Gasteiger partial charge in [0.2, 0.25) is 0 Å². The van der Waals surface area contributed by atoms with E-state index in [1.807, 2.05) is 47.8 Å². The van der Waals surface area contributed by atoms with E-state index in [4.69, 9.17) is 4.74 Å². The first-order valence-corrected chi connectivity index (χ1v) is 10.9. The molecule has 146 valence electrons. The van der Waals surface area contributed by atoms with Crippen LogP contribution < -0.4 is 4.74 Å². The molecule has 29 heavy (non-hydrogen) atoms. The lowest BCUT2D eigenvalue weighted by Gasteiger charge is -2.10. The molecule has 0 aliphatic heterocycles. The summed E-state index contributed by atoms with van der Waals surface area (Å²) >= 11 is 3.02. The van der Waals surface area contributed by atoms with E-state index < -0.39 is 0 Å². The second-order valence-corrected chi connectivity index (χ2v) is 8.16. The molecular weight excluding hydrogens is 402 g/mol. The number of rotatable bonds is 8. The van der Waals surface area contributed by atoms with Crippen LogP contribution >= 0.6 is 23.1 Å². The highest BCUT2D eigenvalue weighted by molar-refractivity contribution is 7.99. The molecule has 7 heteroatoms. The van der Waals surface area contributed by atoms with Crippen LogP contribution in [-0.4, -0.2) is 33.4 Å². The Morgan fingerprint density at radius 3 is 2.59 bits per heavy atom. The van der Waals surface area contributed by atoms with Crippen LogP contribution in [0.1, 0.15) is 15.9 Å². The Labute approximate surface area is 177 Å². The fourth-order valence-electron chi connectivity index (χ4n) is 2.97. The normalized spacial score (nSPS) is 10.8. The predicted molar refractivity (Wildman–Crippen MR) is 117 cm³/mol. The number of para-hydroxylation sites is 1. The molecule has 0 amide bonds. The van der Waals surface area contributed by atoms with E-state index in [9.17, 15) is 4.79 Å². The number of ether oxygens (including phenoxy) is 1. The Bertz CT molecular complexity index is 1090. The third-order valence-corrected chi connectivity index (χ3v) is 6.21. The SMILES string of the molecule is COc1ccccc1C(=O)CSc1nnc(-c2cccs2)n1Cc1ccccc1. The number of ketones is 1. The molecule has 4 rings (SSSR count). The number of carbonyl (C=O) groups is 1. The van der Waals surface area contributed by atoms with E-state index in [1.54, 1.807) is 30.6 Å². The first kappa shape index (κ1) is 19.4. The average Bonchev–Trinajstić information content (AvgIpc) is 3.43. The van der Waals surface area contributed by atoms with Gasteiger partial charge in [0.1, 0.15) is 5.75 Å². The minimum Gasteiger partial charge on any atom is -0.496 e. The molecule has 0 saturated carbocycles. The topological polar surface area (TPSA) is 57.0 Å². The van der Waals surface area contributed by atoms with Crippen molar-refractivity contribution in [2.45, 2.75) is 11.7 Å². The molecule has 0 saturated heterocycles. The number of thioether (sulfide) groups is 1. The van der Waals surface area contributed by atoms with Crippen LogP contribution in [0.2, 0.25) is 0 Å². The average molecular weight is 422 g/mol. The molecule has 0 unspecified atom stereocenters. The summed E-state index contributed by atoms with van der Waals surface area (Å²) in [5.41, 5.74) is 1.73. The van der Waals surface area contributed by atoms with Crippen molar-refractivity contribution < 1.29 is 9.53 Å². The Morgan fingerprint density at radius 1 is 1.03 bits per heavy atom. The first-order chi connectivity index (χ1) is 14.3. The van der Waals surface area contributed by atoms with Crippen LogP contribution in [0, 0.1) is 0 Å². The van der Waals surface area contributed by atoms with Gasteiger partial charge >= 0.3 is 0 Å². The van der Waals surface area contributed by atoms with Crippen molar-refractivity contribution in [3.63, 3.8) is 0 Å². The van der Waals surface area contributed by atoms with Crippen LogP contribution in [0.3, 0.4) is 0 Å². The van der Waals surface area contributed by atoms with Crippen molar-refractivity contribution in [3.05, 3.63) is 83.2 Å². The Kier molecular flexibility index (Phi) is 6.07. The Balaban J connectivity index is 1.59. The van der Waals surface area contributed by atoms with Crippen molar-refractivity contribution in [2.75, 3.05) is 12.9 Å². The van der Waals surface area contributed by atoms with E-state index in [-0.39, 0.29) is 11.5 Å². The van der Waals surface area contributed by atoms with Crippen molar-refractivity contribution in [1.29, 1.82) is 0 Å². The second kappa shape index (κ2) is 9.07. The fraction of sp³-hybridized carbons (Fsp3) is 0.136. The summed E-state index contributed by atoms with van der Waals surface area (Å²) < 4.78 is 7.38. The zero-order chi connectivity index (χ0) is 20.1. The lowest BCUT2D eigenvalue weighted by atomic mass is 10.1. The minimum absolute atomic E-state index is 0.000570. The van der Waals surface area contributed by atoms with Crippen molar-refractivity contribution in [1.82, 2.24) is 14.8 Å². The van der Waals surface area contributed by atoms with Crippen LogP contribution in [-0.2, 0) is 6.54 Å². The predicted octanol–water partition coefficient (Wildman–Crippen LogP) is 5.04. The van der Waals surface area contributed by atoms with Crippen molar-refractivity contribution >= 4 is 28.9 Å². The zero-order valence-corrected chi connectivity index (χ0v) is 17.5. The number of carbonyl (C=O) groups excluding carboxylic acids is 1. The second-order valence-electron chi connectivity index (χ2n) is 6.27. The fourth-order valence-corrected chi connectivity index (χ4v) is 4.51. The number of aromatic nitrogens is 3. The van der Waals surface area contributed by atoms with Crippen LogP contribution in [0.4, 0.5) is 0 Å². The van der Waals surface area contributed by atoms with Crippen LogP contribution in [0.15, 0.2) is 77.3 Å². The summed E-state index contributed by atoms with van der Waals surface area (Å²) in [7, 11) is 1.57. The molecule has 0 bridgehead atoms. The Hall–Kier alpha value is -2.90. The zero-order valence-electron chi connectivity index (χ0n) is 15.8. The molecule has 0 radical (unpaired) electrons. The van der Waals surface area contributed by atoms with Gasteiger partial charge in [-0.2, -0.15) is 0 Å². The van der Waals surface area contributed by atoms with Gasteiger partial charge < -0.3 is 4.74 Å². The first-order valence-electron chi connectivity index (χ1n) is 9.06. The summed E-state index contributed by atoms with van der Waals surface area (Å²) in [6.45, 7) is 0.645. The highest BCUT2D eigenvalue weighted by atomic mass is 32.2. The molecule has 0 aliphatic carbocycles. The number of benzene rings is 2. The van der Waals surface area contributed by atoms with Gasteiger partial charge in [0, 0.05) is 0 Å². The molecule has 0 N–H and O–H groups in total. The molecule has 2 aromatic carbocycles. The van der Waals surface area contributed by atoms with Gasteiger partial charge in [-0.15, -0.1) is 21.5 Å². The van der Waals surface area contributed by atoms with Gasteiger partial charge in [-0.25, -0.2) is 0 Å². The number of hydrogen-bond donors (Lipinski definition) is 0. The Morgan fingerprint density at radius 2 is 1.83 bits per heavy atom. The summed E-state index contributed by atoms with van der Waals surface area (Å²) in [5.74, 6) is 1.66. The van der Waals surface area contributed by atoms with Crippen LogP contribution in [0.5, 0.6) is 5.75 Å². The largest absolute Gasteiger partial charge is 0.496 e. The number of methoxy groups -OCH3 is 1. The van der Waals surface area contributed by atoms with Crippen molar-refractivity contribution in [3.8, 4) is 16.5 Å². The van der Waals surface area contributed by atoms with Gasteiger partial charge in [-0.1, -0.05) is 60.3 Å². The molecule has 0 atom stereocenters. The molecule has 0 spiro atoms. The number of thiophene rings is 1. The number of nitrogens with zero attached hydrogens (tertiary/aromatic N) is 3. The third-order valence-electron chi connectivity index (χ3n) is 4.38. The van der Waals surface area contributed by atoms with E-state index in [0.717, 1.165) is 21.4 Å². The molecule has 4 aromatic rings. The van der Waals surface area contributed by atoms with E-state index in [2.05, 4.69) is 26.9 Å². The summed E-state index contributed by atoms with van der Waals surface area (Å²) in [5, 5.41) is 11.5. The maximum absolute atomic E-state index is 12.7. The standard InChI is InChI=1S/C22H19N3O2S2/c1-27-19-11-6-5-10-17(19)18(26)15-29-22-24-23-21(20-12-7-13-28-20)25(22)14-16-8-3-2-4-9-16/h2-13H,14-15H2,1H3. The highest BCUT2D eigenvalue weighted by Gasteiger charge is 2.18. The van der Waals surface area contributed by atoms with E-state index in [1.165, 1.54) is 11.8 Å². The smallest absolute Gasteiger partial charge is 0.192 e. The molecular formula is C22H19N3O2S2. The van der Waals surface area contributed by atoms with Gasteiger partial charge in [-0.05, 0) is 29.1 Å². The summed E-state index contributed by atoms with van der Waals surface area (Å²) in [6, 6.07) is 21.5. The number of Topliss-reactive ketones (excluding diaryl/α,β-unsaturated/α-hetero) is 1.